The summed E-state index contributed by atoms with van der Waals surface area (Å²) in [4.78, 5) is 8.18. The lowest BCUT2D eigenvalue weighted by Gasteiger charge is -2.00. The number of aryl methyl sites for hydroxylation is 1. The molecule has 10 heavy (non-hydrogen) atoms. The maximum Gasteiger partial charge on any atom is 0.131 e. The Morgan fingerprint density at radius 1 is 1.50 bits per heavy atom. The lowest BCUT2D eigenvalue weighted by atomic mass is 10.2. The summed E-state index contributed by atoms with van der Waals surface area (Å²) in [7, 11) is 0. The highest BCUT2D eigenvalue weighted by Crippen LogP contribution is 2.06. The van der Waals surface area contributed by atoms with Crippen molar-refractivity contribution in [1.29, 1.82) is 0 Å². The first kappa shape index (κ1) is 7.19. The van der Waals surface area contributed by atoms with Gasteiger partial charge in [0.1, 0.15) is 5.82 Å². The van der Waals surface area contributed by atoms with Gasteiger partial charge in [-0.1, -0.05) is 13.8 Å². The van der Waals surface area contributed by atoms with E-state index in [0.717, 1.165) is 11.4 Å². The molecule has 0 spiro atoms. The Morgan fingerprint density at radius 2 is 2.20 bits per heavy atom. The molecule has 0 saturated heterocycles. The molecule has 0 saturated carbocycles. The second kappa shape index (κ2) is 2.78. The van der Waals surface area contributed by atoms with Gasteiger partial charge in [0, 0.05) is 12.1 Å². The molecule has 0 aliphatic carbocycles. The van der Waals surface area contributed by atoms with Gasteiger partial charge < -0.3 is 0 Å². The molecule has 0 atom stereocenters. The van der Waals surface area contributed by atoms with E-state index in [0.29, 0.717) is 5.92 Å². The quantitative estimate of drug-likeness (QED) is 0.585. The van der Waals surface area contributed by atoms with Crippen LogP contribution in [0.4, 0.5) is 0 Å². The Bertz CT molecular complexity index is 201. The van der Waals surface area contributed by atoms with Gasteiger partial charge in [-0.2, -0.15) is 0 Å². The molecule has 0 aliphatic rings. The summed E-state index contributed by atoms with van der Waals surface area (Å²) in [6, 6.07) is 0. The molecule has 53 valence electrons. The lowest BCUT2D eigenvalue weighted by molar-refractivity contribution is 0.769. The molecule has 0 aromatic carbocycles. The fourth-order valence-corrected chi connectivity index (χ4v) is 0.644. The molecular formula is C8H11N2. The molecule has 0 unspecified atom stereocenters. The van der Waals surface area contributed by atoms with Gasteiger partial charge in [-0.15, -0.1) is 0 Å². The van der Waals surface area contributed by atoms with E-state index >= 15 is 0 Å². The topological polar surface area (TPSA) is 25.8 Å². The Hall–Kier alpha value is -0.920. The van der Waals surface area contributed by atoms with Crippen LogP contribution in [-0.2, 0) is 0 Å². The fourth-order valence-electron chi connectivity index (χ4n) is 0.644. The Labute approximate surface area is 61.3 Å². The number of rotatable bonds is 1. The predicted molar refractivity (Wildman–Crippen MR) is 39.7 cm³/mol. The van der Waals surface area contributed by atoms with Crippen molar-refractivity contribution in [2.45, 2.75) is 26.7 Å². The van der Waals surface area contributed by atoms with Crippen LogP contribution in [0.5, 0.6) is 0 Å². The van der Waals surface area contributed by atoms with Crippen LogP contribution in [0.3, 0.4) is 0 Å². The van der Waals surface area contributed by atoms with E-state index in [1.165, 1.54) is 0 Å². The van der Waals surface area contributed by atoms with Crippen molar-refractivity contribution in [3.63, 3.8) is 0 Å². The Balaban J connectivity index is 2.89. The summed E-state index contributed by atoms with van der Waals surface area (Å²) < 4.78 is 0. The van der Waals surface area contributed by atoms with Gasteiger partial charge in [-0.3, -0.25) is 0 Å². The minimum atomic E-state index is 0.400. The Morgan fingerprint density at radius 3 is 2.60 bits per heavy atom. The molecular weight excluding hydrogens is 124 g/mol. The maximum absolute atomic E-state index is 4.14. The summed E-state index contributed by atoms with van der Waals surface area (Å²) in [6.45, 7) is 6.07. The normalized spacial score (nSPS) is 10.4. The van der Waals surface area contributed by atoms with E-state index in [-0.39, 0.29) is 0 Å². The Kier molecular flexibility index (Phi) is 2.00. The first-order valence-corrected chi connectivity index (χ1v) is 3.41. The summed E-state index contributed by atoms with van der Waals surface area (Å²) in [6.07, 6.45) is 4.66. The fraction of sp³-hybridized carbons (Fsp3) is 0.500. The van der Waals surface area contributed by atoms with Crippen LogP contribution >= 0.6 is 0 Å². The molecule has 1 heterocycles. The van der Waals surface area contributed by atoms with Gasteiger partial charge in [-0.25, -0.2) is 9.97 Å². The predicted octanol–water partition coefficient (Wildman–Crippen LogP) is 1.71. The molecule has 1 aromatic rings. The highest BCUT2D eigenvalue weighted by atomic mass is 14.9. The third-order valence-electron chi connectivity index (χ3n) is 1.25. The molecule has 1 rings (SSSR count). The average Bonchev–Trinajstić information content (AvgIpc) is 1.88. The largest absolute Gasteiger partial charge is 0.241 e. The van der Waals surface area contributed by atoms with Crippen LogP contribution in [0, 0.1) is 13.1 Å². The van der Waals surface area contributed by atoms with Gasteiger partial charge in [0.25, 0.3) is 0 Å². The van der Waals surface area contributed by atoms with E-state index in [9.17, 15) is 0 Å². The van der Waals surface area contributed by atoms with Crippen molar-refractivity contribution in [3.05, 3.63) is 23.8 Å². The second-order valence-electron chi connectivity index (χ2n) is 2.68. The minimum absolute atomic E-state index is 0.400. The summed E-state index contributed by atoms with van der Waals surface area (Å²) >= 11 is 0. The standard InChI is InChI=1S/C8H11N2/c1-6(2)8-9-4-7(3)5-10-8/h4,6H,1-3H3. The molecule has 2 nitrogen and oxygen atoms in total. The first-order chi connectivity index (χ1) is 4.70. The zero-order valence-electron chi connectivity index (χ0n) is 6.55. The second-order valence-corrected chi connectivity index (χ2v) is 2.68. The van der Waals surface area contributed by atoms with Gasteiger partial charge in [0.2, 0.25) is 0 Å². The van der Waals surface area contributed by atoms with E-state index in [1.807, 2.05) is 6.92 Å². The lowest BCUT2D eigenvalue weighted by Crippen LogP contribution is -1.96. The van der Waals surface area contributed by atoms with Crippen molar-refractivity contribution in [2.24, 2.45) is 0 Å². The van der Waals surface area contributed by atoms with Gasteiger partial charge in [0.05, 0.1) is 6.20 Å². The van der Waals surface area contributed by atoms with Crippen LogP contribution in [-0.4, -0.2) is 9.97 Å². The molecule has 1 aromatic heterocycles. The highest BCUT2D eigenvalue weighted by Gasteiger charge is 1.99. The van der Waals surface area contributed by atoms with Crippen molar-refractivity contribution >= 4 is 0 Å². The smallest absolute Gasteiger partial charge is 0.131 e. The number of hydrogen-bond acceptors (Lipinski definition) is 2. The van der Waals surface area contributed by atoms with Gasteiger partial charge in [0.15, 0.2) is 0 Å². The first-order valence-electron chi connectivity index (χ1n) is 3.41. The maximum atomic E-state index is 4.14. The third-order valence-corrected chi connectivity index (χ3v) is 1.25. The third kappa shape index (κ3) is 1.53. The SMILES string of the molecule is Cc1[c]nc(C(C)C)nc1. The molecule has 0 bridgehead atoms. The molecule has 0 fully saturated rings. The van der Waals surface area contributed by atoms with Gasteiger partial charge in [-0.05, 0) is 12.5 Å². The summed E-state index contributed by atoms with van der Waals surface area (Å²) in [5, 5.41) is 0. The van der Waals surface area contributed by atoms with E-state index in [2.05, 4.69) is 30.0 Å². The van der Waals surface area contributed by atoms with Crippen molar-refractivity contribution < 1.29 is 0 Å². The molecule has 1 radical (unpaired) electrons. The summed E-state index contributed by atoms with van der Waals surface area (Å²) in [5.74, 6) is 1.27. The zero-order valence-corrected chi connectivity index (χ0v) is 6.55. The van der Waals surface area contributed by atoms with Crippen LogP contribution < -0.4 is 0 Å². The van der Waals surface area contributed by atoms with Crippen molar-refractivity contribution in [2.75, 3.05) is 0 Å². The molecule has 0 aliphatic heterocycles. The molecule has 0 N–H and O–H groups in total. The minimum Gasteiger partial charge on any atom is -0.241 e. The van der Waals surface area contributed by atoms with Crippen LogP contribution in [0.25, 0.3) is 0 Å². The highest BCUT2D eigenvalue weighted by molar-refractivity contribution is 5.02. The molecule has 0 amide bonds. The van der Waals surface area contributed by atoms with E-state index in [4.69, 9.17) is 0 Å². The monoisotopic (exact) mass is 135 g/mol. The van der Waals surface area contributed by atoms with Crippen LogP contribution in [0.15, 0.2) is 6.20 Å². The van der Waals surface area contributed by atoms with Crippen LogP contribution in [0.2, 0.25) is 0 Å². The van der Waals surface area contributed by atoms with Gasteiger partial charge >= 0.3 is 0 Å². The van der Waals surface area contributed by atoms with E-state index in [1.54, 1.807) is 6.20 Å². The van der Waals surface area contributed by atoms with Crippen molar-refractivity contribution in [3.8, 4) is 0 Å². The van der Waals surface area contributed by atoms with E-state index < -0.39 is 0 Å². The molecule has 2 heteroatoms. The number of aromatic nitrogens is 2. The van der Waals surface area contributed by atoms with Crippen LogP contribution in [0.1, 0.15) is 31.2 Å². The average molecular weight is 135 g/mol. The zero-order chi connectivity index (χ0) is 7.56. The summed E-state index contributed by atoms with van der Waals surface area (Å²) in [5.41, 5.74) is 0.990. The van der Waals surface area contributed by atoms with Crippen molar-refractivity contribution in [1.82, 2.24) is 9.97 Å². The number of nitrogens with zero attached hydrogens (tertiary/aromatic N) is 2. The number of hydrogen-bond donors (Lipinski definition) is 0.